The average molecular weight is 489 g/mol. The Hall–Kier alpha value is -4.26. The summed E-state index contributed by atoms with van der Waals surface area (Å²) < 4.78 is 67.3. The van der Waals surface area contributed by atoms with Gasteiger partial charge in [0.1, 0.15) is 0 Å². The number of non-ortho nitro benzene ring substituents is 1. The number of para-hydroxylation sites is 2. The summed E-state index contributed by atoms with van der Waals surface area (Å²) in [4.78, 5) is 18.4. The van der Waals surface area contributed by atoms with Crippen LogP contribution in [-0.2, 0) is 16.2 Å². The number of benzene rings is 3. The Morgan fingerprint density at radius 3 is 2.06 bits per heavy atom. The molecular formula is C21H14F3N5O4S. The lowest BCUT2D eigenvalue weighted by Crippen LogP contribution is -2.16. The number of nitrogens with one attached hydrogen (secondary N) is 2. The van der Waals surface area contributed by atoms with E-state index < -0.39 is 26.7 Å². The minimum atomic E-state index is -4.58. The average Bonchev–Trinajstić information content (AvgIpc) is 2.79. The summed E-state index contributed by atoms with van der Waals surface area (Å²) in [6.45, 7) is 0. The van der Waals surface area contributed by atoms with Crippen molar-refractivity contribution in [2.45, 2.75) is 11.1 Å². The van der Waals surface area contributed by atoms with Crippen LogP contribution in [0.1, 0.15) is 5.56 Å². The van der Waals surface area contributed by atoms with Crippen LogP contribution in [0, 0.1) is 10.1 Å². The van der Waals surface area contributed by atoms with E-state index in [-0.39, 0.29) is 27.9 Å². The fourth-order valence-electron chi connectivity index (χ4n) is 3.00. The Bertz CT molecular complexity index is 1490. The highest BCUT2D eigenvalue weighted by molar-refractivity contribution is 7.92. The molecule has 4 aromatic rings. The lowest BCUT2D eigenvalue weighted by atomic mass is 10.2. The van der Waals surface area contributed by atoms with Gasteiger partial charge in [-0.2, -0.15) is 13.2 Å². The summed E-state index contributed by atoms with van der Waals surface area (Å²) in [6, 6.07) is 15.0. The molecule has 0 bridgehead atoms. The molecule has 4 rings (SSSR count). The number of sulfonamides is 1. The van der Waals surface area contributed by atoms with Gasteiger partial charge in [-0.15, -0.1) is 0 Å². The second-order valence-corrected chi connectivity index (χ2v) is 8.65. The van der Waals surface area contributed by atoms with E-state index in [1.54, 1.807) is 24.3 Å². The first-order valence-electron chi connectivity index (χ1n) is 9.51. The summed E-state index contributed by atoms with van der Waals surface area (Å²) in [7, 11) is -4.27. The number of nitrogens with zero attached hydrogens (tertiary/aromatic N) is 3. The van der Waals surface area contributed by atoms with Gasteiger partial charge < -0.3 is 5.32 Å². The van der Waals surface area contributed by atoms with E-state index in [1.807, 2.05) is 0 Å². The van der Waals surface area contributed by atoms with E-state index in [4.69, 9.17) is 0 Å². The van der Waals surface area contributed by atoms with E-state index in [0.29, 0.717) is 11.0 Å². The fourth-order valence-corrected chi connectivity index (χ4v) is 4.01. The van der Waals surface area contributed by atoms with Crippen molar-refractivity contribution in [3.63, 3.8) is 0 Å². The molecule has 1 heterocycles. The predicted molar refractivity (Wildman–Crippen MR) is 118 cm³/mol. The number of rotatable bonds is 6. The molecule has 0 saturated heterocycles. The number of alkyl halides is 3. The van der Waals surface area contributed by atoms with E-state index in [2.05, 4.69) is 20.0 Å². The molecule has 0 fully saturated rings. The quantitative estimate of drug-likeness (QED) is 0.285. The van der Waals surface area contributed by atoms with Gasteiger partial charge in [0.2, 0.25) is 0 Å². The van der Waals surface area contributed by atoms with Crippen molar-refractivity contribution in [2.75, 3.05) is 10.0 Å². The molecule has 0 atom stereocenters. The van der Waals surface area contributed by atoms with Crippen LogP contribution >= 0.6 is 0 Å². The van der Waals surface area contributed by atoms with E-state index in [9.17, 15) is 31.7 Å². The van der Waals surface area contributed by atoms with Crippen molar-refractivity contribution in [2.24, 2.45) is 0 Å². The third-order valence-corrected chi connectivity index (χ3v) is 5.97. The number of anilines is 3. The molecule has 9 nitrogen and oxygen atoms in total. The lowest BCUT2D eigenvalue weighted by molar-refractivity contribution is -0.384. The zero-order chi connectivity index (χ0) is 24.5. The maximum absolute atomic E-state index is 13.1. The Balaban J connectivity index is 1.75. The summed E-state index contributed by atoms with van der Waals surface area (Å²) in [5, 5.41) is 13.5. The van der Waals surface area contributed by atoms with Crippen molar-refractivity contribution in [3.8, 4) is 0 Å². The molecule has 0 amide bonds. The highest BCUT2D eigenvalue weighted by atomic mass is 32.2. The van der Waals surface area contributed by atoms with Gasteiger partial charge in [-0.3, -0.25) is 14.8 Å². The summed E-state index contributed by atoms with van der Waals surface area (Å²) in [5.41, 5.74) is -0.487. The third kappa shape index (κ3) is 4.88. The highest BCUT2D eigenvalue weighted by Crippen LogP contribution is 2.33. The molecule has 1 aromatic heterocycles. The number of nitro benzene ring substituents is 1. The molecule has 0 unspecified atom stereocenters. The molecule has 2 N–H and O–H groups in total. The fraction of sp³-hybridized carbons (Fsp3) is 0.0476. The number of hydrogen-bond acceptors (Lipinski definition) is 7. The molecule has 3 aromatic carbocycles. The van der Waals surface area contributed by atoms with Gasteiger partial charge in [0.25, 0.3) is 15.7 Å². The molecule has 0 aliphatic heterocycles. The molecular weight excluding hydrogens is 475 g/mol. The summed E-state index contributed by atoms with van der Waals surface area (Å²) >= 11 is 0. The number of hydrogen-bond donors (Lipinski definition) is 2. The van der Waals surface area contributed by atoms with E-state index in [0.717, 1.165) is 36.4 Å². The standard InChI is InChI=1S/C21H14F3N5O4S/c22-21(23,24)13-4-3-5-14(12-13)25-19-20(27-18-7-2-1-6-17(18)26-19)28-34(32,33)16-10-8-15(9-11-16)29(30)31/h1-12H,(H,25,26)(H,27,28). The normalized spacial score (nSPS) is 11.9. The van der Waals surface area contributed by atoms with E-state index in [1.165, 1.54) is 12.1 Å². The molecule has 174 valence electrons. The van der Waals surface area contributed by atoms with Gasteiger partial charge in [-0.05, 0) is 42.5 Å². The van der Waals surface area contributed by atoms with E-state index >= 15 is 0 Å². The Labute approximate surface area is 190 Å². The Kier molecular flexibility index (Phi) is 5.79. The molecule has 0 aliphatic carbocycles. The Morgan fingerprint density at radius 2 is 1.47 bits per heavy atom. The van der Waals surface area contributed by atoms with Gasteiger partial charge in [0.05, 0.1) is 26.4 Å². The molecule has 0 aliphatic rings. The molecule has 0 radical (unpaired) electrons. The van der Waals surface area contributed by atoms with Gasteiger partial charge in [-0.1, -0.05) is 18.2 Å². The molecule has 13 heteroatoms. The Morgan fingerprint density at radius 1 is 0.853 bits per heavy atom. The maximum Gasteiger partial charge on any atom is 0.416 e. The first-order chi connectivity index (χ1) is 16.0. The number of fused-ring (bicyclic) bond motifs is 1. The van der Waals surface area contributed by atoms with Gasteiger partial charge in [-0.25, -0.2) is 18.4 Å². The SMILES string of the molecule is O=[N+]([O-])c1ccc(S(=O)(=O)Nc2nc3ccccc3nc2Nc2cccc(C(F)(F)F)c2)cc1. The third-order valence-electron chi connectivity index (χ3n) is 4.61. The first kappa shape index (κ1) is 22.9. The first-order valence-corrected chi connectivity index (χ1v) is 11.0. The van der Waals surface area contributed by atoms with Crippen molar-refractivity contribution < 1.29 is 26.5 Å². The largest absolute Gasteiger partial charge is 0.416 e. The molecule has 34 heavy (non-hydrogen) atoms. The second-order valence-electron chi connectivity index (χ2n) is 6.97. The van der Waals surface area contributed by atoms with Crippen molar-refractivity contribution in [1.82, 2.24) is 9.97 Å². The van der Waals surface area contributed by atoms with Crippen LogP contribution in [0.2, 0.25) is 0 Å². The predicted octanol–water partition coefficient (Wildman–Crippen LogP) is 5.10. The zero-order valence-electron chi connectivity index (χ0n) is 16.9. The number of aromatic nitrogens is 2. The van der Waals surface area contributed by atoms with Crippen molar-refractivity contribution in [3.05, 3.63) is 88.5 Å². The number of nitro groups is 1. The topological polar surface area (TPSA) is 127 Å². The van der Waals surface area contributed by atoms with Gasteiger partial charge >= 0.3 is 6.18 Å². The van der Waals surface area contributed by atoms with Crippen molar-refractivity contribution >= 4 is 44.1 Å². The zero-order valence-corrected chi connectivity index (χ0v) is 17.8. The highest BCUT2D eigenvalue weighted by Gasteiger charge is 2.30. The van der Waals surface area contributed by atoms with Gasteiger partial charge in [0, 0.05) is 17.8 Å². The maximum atomic E-state index is 13.1. The molecule has 0 saturated carbocycles. The second kappa shape index (κ2) is 8.59. The number of halogens is 3. The van der Waals surface area contributed by atoms with Gasteiger partial charge in [0.15, 0.2) is 11.6 Å². The van der Waals surface area contributed by atoms with Crippen LogP contribution in [-0.4, -0.2) is 23.3 Å². The van der Waals surface area contributed by atoms with Crippen LogP contribution in [0.15, 0.2) is 77.7 Å². The summed E-state index contributed by atoms with van der Waals surface area (Å²) in [5.74, 6) is -0.405. The van der Waals surface area contributed by atoms with Crippen molar-refractivity contribution in [1.29, 1.82) is 0 Å². The minimum absolute atomic E-state index is 0.00944. The smallest absolute Gasteiger partial charge is 0.337 e. The minimum Gasteiger partial charge on any atom is -0.337 e. The van der Waals surface area contributed by atoms with Crippen LogP contribution < -0.4 is 10.0 Å². The molecule has 0 spiro atoms. The van der Waals surface area contributed by atoms with Crippen LogP contribution in [0.5, 0.6) is 0 Å². The summed E-state index contributed by atoms with van der Waals surface area (Å²) in [6.07, 6.45) is -4.58. The van der Waals surface area contributed by atoms with Crippen LogP contribution in [0.25, 0.3) is 11.0 Å². The van der Waals surface area contributed by atoms with Crippen LogP contribution in [0.4, 0.5) is 36.2 Å². The monoisotopic (exact) mass is 489 g/mol. The lowest BCUT2D eigenvalue weighted by Gasteiger charge is -2.15. The van der Waals surface area contributed by atoms with Crippen LogP contribution in [0.3, 0.4) is 0 Å².